The molecule has 2 heterocycles. The zero-order valence-corrected chi connectivity index (χ0v) is 11.2. The highest BCUT2D eigenvalue weighted by atomic mass is 19.3. The van der Waals surface area contributed by atoms with Crippen molar-refractivity contribution in [1.82, 2.24) is 20.4 Å². The number of ether oxygens (including phenoxy) is 1. The maximum Gasteiger partial charge on any atom is 0.318 e. The molecule has 8 heteroatoms. The molecule has 0 bridgehead atoms. The minimum absolute atomic E-state index is 0.183. The van der Waals surface area contributed by atoms with Crippen molar-refractivity contribution >= 4 is 6.03 Å². The van der Waals surface area contributed by atoms with Gasteiger partial charge in [0.1, 0.15) is 12.6 Å². The summed E-state index contributed by atoms with van der Waals surface area (Å²) in [5.41, 5.74) is 0.770. The van der Waals surface area contributed by atoms with Crippen molar-refractivity contribution in [3.8, 4) is 0 Å². The number of amides is 2. The van der Waals surface area contributed by atoms with Crippen LogP contribution >= 0.6 is 0 Å². The molecule has 1 fully saturated rings. The maximum absolute atomic E-state index is 13.4. The number of rotatable bonds is 3. The van der Waals surface area contributed by atoms with Crippen LogP contribution in [0.15, 0.2) is 18.5 Å². The fourth-order valence-electron chi connectivity index (χ4n) is 1.88. The molecule has 1 aliphatic rings. The molecule has 6 nitrogen and oxygen atoms in total. The van der Waals surface area contributed by atoms with Gasteiger partial charge in [-0.2, -0.15) is 10.2 Å². The number of urea groups is 1. The molecule has 1 aromatic heterocycles. The molecule has 0 aromatic carbocycles. The maximum atomic E-state index is 13.4. The summed E-state index contributed by atoms with van der Waals surface area (Å²) in [5, 5.41) is 9.67. The van der Waals surface area contributed by atoms with Gasteiger partial charge in [-0.3, -0.25) is 0 Å². The van der Waals surface area contributed by atoms with E-state index >= 15 is 0 Å². The lowest BCUT2D eigenvalue weighted by molar-refractivity contribution is -0.0223. The van der Waals surface area contributed by atoms with E-state index in [9.17, 15) is 13.6 Å². The lowest BCUT2D eigenvalue weighted by atomic mass is 10.1. The van der Waals surface area contributed by atoms with Crippen molar-refractivity contribution in [2.24, 2.45) is 0 Å². The van der Waals surface area contributed by atoms with Crippen LogP contribution in [0.4, 0.5) is 13.6 Å². The summed E-state index contributed by atoms with van der Waals surface area (Å²) in [4.78, 5) is 13.3. The molecule has 2 atom stereocenters. The molecule has 1 saturated heterocycles. The molecule has 2 rings (SSSR count). The Bertz CT molecular complexity index is 472. The summed E-state index contributed by atoms with van der Waals surface area (Å²) in [6, 6.07) is -0.458. The van der Waals surface area contributed by atoms with E-state index in [1.807, 2.05) is 0 Å². The van der Waals surface area contributed by atoms with E-state index in [1.165, 1.54) is 24.3 Å². The van der Waals surface area contributed by atoms with Crippen molar-refractivity contribution in [2.75, 3.05) is 20.3 Å². The zero-order valence-electron chi connectivity index (χ0n) is 11.2. The van der Waals surface area contributed by atoms with Gasteiger partial charge in [-0.25, -0.2) is 13.6 Å². The first kappa shape index (κ1) is 14.6. The van der Waals surface area contributed by atoms with Crippen molar-refractivity contribution in [1.29, 1.82) is 0 Å². The minimum Gasteiger partial charge on any atom is -0.373 e. The predicted octanol–water partition coefficient (Wildman–Crippen LogP) is 1.21. The van der Waals surface area contributed by atoms with E-state index in [-0.39, 0.29) is 12.6 Å². The number of carbonyl (C=O) groups is 1. The van der Waals surface area contributed by atoms with Gasteiger partial charge in [0.25, 0.3) is 5.92 Å². The van der Waals surface area contributed by atoms with Crippen molar-refractivity contribution in [3.63, 3.8) is 0 Å². The van der Waals surface area contributed by atoms with Gasteiger partial charge in [-0.1, -0.05) is 0 Å². The first-order valence-electron chi connectivity index (χ1n) is 6.17. The molecule has 1 N–H and O–H groups in total. The highest BCUT2D eigenvalue weighted by molar-refractivity contribution is 5.75. The van der Waals surface area contributed by atoms with Gasteiger partial charge in [-0.05, 0) is 18.6 Å². The van der Waals surface area contributed by atoms with Gasteiger partial charge < -0.3 is 15.0 Å². The van der Waals surface area contributed by atoms with E-state index in [1.54, 1.807) is 13.0 Å². The fraction of sp³-hybridized carbons (Fsp3) is 0.583. The molecular weight excluding hydrogens is 270 g/mol. The molecular formula is C12H16F2N4O2. The Kier molecular flexibility index (Phi) is 4.12. The van der Waals surface area contributed by atoms with Gasteiger partial charge >= 0.3 is 6.03 Å². The van der Waals surface area contributed by atoms with E-state index in [0.717, 1.165) is 5.56 Å². The van der Waals surface area contributed by atoms with Crippen LogP contribution in [0.3, 0.4) is 0 Å². The number of aromatic nitrogens is 2. The topological polar surface area (TPSA) is 67.4 Å². The Labute approximate surface area is 115 Å². The third-order valence-electron chi connectivity index (χ3n) is 3.38. The molecule has 110 valence electrons. The van der Waals surface area contributed by atoms with Gasteiger partial charge in [-0.15, -0.1) is 0 Å². The number of alkyl halides is 2. The summed E-state index contributed by atoms with van der Waals surface area (Å²) in [5.74, 6) is -3.03. The Morgan fingerprint density at radius 1 is 1.60 bits per heavy atom. The number of halogens is 2. The molecule has 0 saturated carbocycles. The molecule has 0 unspecified atom stereocenters. The summed E-state index contributed by atoms with van der Waals surface area (Å²) in [6.45, 7) is 0.934. The summed E-state index contributed by atoms with van der Waals surface area (Å²) in [6.07, 6.45) is 3.04. The molecule has 1 aromatic rings. The van der Waals surface area contributed by atoms with Crippen LogP contribution in [0, 0.1) is 0 Å². The Hall–Kier alpha value is -1.83. The second-order valence-corrected chi connectivity index (χ2v) is 4.74. The first-order chi connectivity index (χ1) is 9.42. The lowest BCUT2D eigenvalue weighted by Crippen LogP contribution is -2.51. The average Bonchev–Trinajstić information content (AvgIpc) is 2.77. The molecule has 0 radical (unpaired) electrons. The highest BCUT2D eigenvalue weighted by Gasteiger charge is 2.46. The third-order valence-corrected chi connectivity index (χ3v) is 3.38. The van der Waals surface area contributed by atoms with Gasteiger partial charge in [0.15, 0.2) is 0 Å². The quantitative estimate of drug-likeness (QED) is 0.907. The van der Waals surface area contributed by atoms with Gasteiger partial charge in [0.2, 0.25) is 0 Å². The van der Waals surface area contributed by atoms with Crippen LogP contribution in [0.1, 0.15) is 18.5 Å². The van der Waals surface area contributed by atoms with Gasteiger partial charge in [0, 0.05) is 13.2 Å². The number of carbonyl (C=O) groups excluding carboxylic acids is 1. The fourth-order valence-corrected chi connectivity index (χ4v) is 1.88. The second-order valence-electron chi connectivity index (χ2n) is 4.74. The largest absolute Gasteiger partial charge is 0.373 e. The molecule has 2 amide bonds. The lowest BCUT2D eigenvalue weighted by Gasteiger charge is -2.27. The molecule has 1 aliphatic heterocycles. The minimum atomic E-state index is -3.03. The first-order valence-corrected chi connectivity index (χ1v) is 6.17. The number of nitrogens with zero attached hydrogens (tertiary/aromatic N) is 3. The van der Waals surface area contributed by atoms with E-state index < -0.39 is 24.6 Å². The van der Waals surface area contributed by atoms with Crippen LogP contribution in [0.25, 0.3) is 0 Å². The Balaban J connectivity index is 1.99. The van der Waals surface area contributed by atoms with Gasteiger partial charge in [0.05, 0.1) is 18.8 Å². The summed E-state index contributed by atoms with van der Waals surface area (Å²) in [7, 11) is 1.54. The monoisotopic (exact) mass is 286 g/mol. The Morgan fingerprint density at radius 3 is 2.90 bits per heavy atom. The normalized spacial score (nSPS) is 22.3. The van der Waals surface area contributed by atoms with E-state index in [0.29, 0.717) is 0 Å². The molecule has 0 spiro atoms. The highest BCUT2D eigenvalue weighted by Crippen LogP contribution is 2.26. The predicted molar refractivity (Wildman–Crippen MR) is 66.3 cm³/mol. The molecule has 20 heavy (non-hydrogen) atoms. The van der Waals surface area contributed by atoms with Crippen LogP contribution in [-0.2, 0) is 4.74 Å². The second kappa shape index (κ2) is 5.66. The summed E-state index contributed by atoms with van der Waals surface area (Å²) < 4.78 is 31.5. The zero-order chi connectivity index (χ0) is 14.8. The summed E-state index contributed by atoms with van der Waals surface area (Å²) >= 11 is 0. The number of hydrogen-bond acceptors (Lipinski definition) is 4. The van der Waals surface area contributed by atoms with E-state index in [4.69, 9.17) is 4.74 Å². The third kappa shape index (κ3) is 3.01. The van der Waals surface area contributed by atoms with Crippen LogP contribution in [-0.4, -0.2) is 53.4 Å². The smallest absolute Gasteiger partial charge is 0.318 e. The van der Waals surface area contributed by atoms with Crippen molar-refractivity contribution in [2.45, 2.75) is 24.9 Å². The van der Waals surface area contributed by atoms with E-state index in [2.05, 4.69) is 15.5 Å². The Morgan fingerprint density at radius 2 is 2.35 bits per heavy atom. The average molecular weight is 286 g/mol. The van der Waals surface area contributed by atoms with Crippen molar-refractivity contribution in [3.05, 3.63) is 24.0 Å². The number of nitrogens with one attached hydrogen (secondary N) is 1. The number of hydrogen-bond donors (Lipinski definition) is 1. The van der Waals surface area contributed by atoms with Crippen molar-refractivity contribution < 1.29 is 18.3 Å². The van der Waals surface area contributed by atoms with Crippen LogP contribution in [0.5, 0.6) is 0 Å². The van der Waals surface area contributed by atoms with Crippen LogP contribution < -0.4 is 5.32 Å². The SMILES string of the molecule is C[C@@H](c1ccnnc1)N(C)C(=O)N[C@@H]1COCC1(F)F. The van der Waals surface area contributed by atoms with Crippen LogP contribution in [0.2, 0.25) is 0 Å². The molecule has 0 aliphatic carbocycles. The standard InChI is InChI=1S/C12H16F2N4O2/c1-8(9-3-4-15-16-5-9)18(2)11(19)17-10-6-20-7-12(10,13)14/h3-5,8,10H,6-7H2,1-2H3,(H,17,19)/t8-,10+/m0/s1.